The molecule has 2 aromatic rings. The molecule has 0 aliphatic rings. The molecule has 0 saturated heterocycles. The molecule has 5 heteroatoms. The number of carbonyl (C=O) groups excluding carboxylic acids is 1. The van der Waals surface area contributed by atoms with Crippen LogP contribution in [0.5, 0.6) is 0 Å². The molecule has 22 heavy (non-hydrogen) atoms. The van der Waals surface area contributed by atoms with Crippen molar-refractivity contribution in [2.45, 2.75) is 26.1 Å². The van der Waals surface area contributed by atoms with Crippen molar-refractivity contribution in [1.29, 1.82) is 0 Å². The quantitative estimate of drug-likeness (QED) is 0.910. The maximum absolute atomic E-state index is 12.6. The van der Waals surface area contributed by atoms with Gasteiger partial charge in [0.15, 0.2) is 0 Å². The first-order chi connectivity index (χ1) is 10.3. The van der Waals surface area contributed by atoms with Crippen molar-refractivity contribution in [3.05, 3.63) is 70.8 Å². The third-order valence-corrected chi connectivity index (χ3v) is 3.53. The zero-order valence-electron chi connectivity index (χ0n) is 12.2. The second-order valence-electron chi connectivity index (χ2n) is 5.16. The van der Waals surface area contributed by atoms with E-state index < -0.39 is 18.1 Å². The molecule has 0 aliphatic heterocycles. The molecule has 1 atom stereocenters. The fraction of sp³-hybridized carbons (Fsp3) is 0.235. The van der Waals surface area contributed by atoms with Crippen LogP contribution in [-0.4, -0.2) is 12.1 Å². The number of halogens is 3. The standard InChI is InChI=1S/C17H16F3NO/c1-11-8-9-14(10-12(11)2)15(13-6-4-3-5-7-13)21-16(22)17(18,19)20/h3-10,15H,1-2H3,(H,21,22)/t15-/m1/s1. The van der Waals surface area contributed by atoms with Crippen molar-refractivity contribution in [3.63, 3.8) is 0 Å². The first-order valence-electron chi connectivity index (χ1n) is 6.79. The van der Waals surface area contributed by atoms with E-state index in [1.165, 1.54) is 0 Å². The summed E-state index contributed by atoms with van der Waals surface area (Å²) in [6.45, 7) is 3.80. The minimum atomic E-state index is -4.91. The van der Waals surface area contributed by atoms with E-state index in [1.54, 1.807) is 42.5 Å². The number of benzene rings is 2. The van der Waals surface area contributed by atoms with Crippen LogP contribution < -0.4 is 5.32 Å². The molecule has 0 aliphatic carbocycles. The van der Waals surface area contributed by atoms with E-state index in [2.05, 4.69) is 5.32 Å². The fourth-order valence-corrected chi connectivity index (χ4v) is 2.16. The fourth-order valence-electron chi connectivity index (χ4n) is 2.16. The summed E-state index contributed by atoms with van der Waals surface area (Å²) in [5.74, 6) is -1.94. The Hall–Kier alpha value is -2.30. The lowest BCUT2D eigenvalue weighted by Crippen LogP contribution is -2.39. The Morgan fingerprint density at radius 3 is 2.14 bits per heavy atom. The average molecular weight is 307 g/mol. The van der Waals surface area contributed by atoms with E-state index in [9.17, 15) is 18.0 Å². The van der Waals surface area contributed by atoms with Gasteiger partial charge in [-0.05, 0) is 36.1 Å². The normalized spacial score (nSPS) is 12.8. The molecule has 0 unspecified atom stereocenters. The summed E-state index contributed by atoms with van der Waals surface area (Å²) in [5.41, 5.74) is 3.22. The number of alkyl halides is 3. The molecule has 2 rings (SSSR count). The summed E-state index contributed by atoms with van der Waals surface area (Å²) in [6.07, 6.45) is -4.91. The number of hydrogen-bond donors (Lipinski definition) is 1. The van der Waals surface area contributed by atoms with Crippen LogP contribution in [-0.2, 0) is 4.79 Å². The smallest absolute Gasteiger partial charge is 0.337 e. The van der Waals surface area contributed by atoms with E-state index >= 15 is 0 Å². The molecule has 0 bridgehead atoms. The van der Waals surface area contributed by atoms with Gasteiger partial charge in [0.2, 0.25) is 0 Å². The Balaban J connectivity index is 2.42. The zero-order chi connectivity index (χ0) is 16.3. The maximum Gasteiger partial charge on any atom is 0.471 e. The van der Waals surface area contributed by atoms with E-state index in [0.29, 0.717) is 11.1 Å². The topological polar surface area (TPSA) is 29.1 Å². The Morgan fingerprint density at radius 1 is 0.955 bits per heavy atom. The van der Waals surface area contributed by atoms with Crippen molar-refractivity contribution >= 4 is 5.91 Å². The highest BCUT2D eigenvalue weighted by Crippen LogP contribution is 2.26. The van der Waals surface area contributed by atoms with Crippen LogP contribution in [0.15, 0.2) is 48.5 Å². The molecular weight excluding hydrogens is 291 g/mol. The highest BCUT2D eigenvalue weighted by molar-refractivity contribution is 5.82. The lowest BCUT2D eigenvalue weighted by Gasteiger charge is -2.21. The number of rotatable bonds is 3. The summed E-state index contributed by atoms with van der Waals surface area (Å²) in [5, 5.41) is 2.07. The van der Waals surface area contributed by atoms with E-state index in [-0.39, 0.29) is 0 Å². The van der Waals surface area contributed by atoms with Gasteiger partial charge in [-0.15, -0.1) is 0 Å². The highest BCUT2D eigenvalue weighted by Gasteiger charge is 2.40. The third kappa shape index (κ3) is 3.67. The molecular formula is C17H16F3NO. The second-order valence-corrected chi connectivity index (χ2v) is 5.16. The summed E-state index contributed by atoms with van der Waals surface area (Å²) in [6, 6.07) is 13.1. The van der Waals surface area contributed by atoms with Crippen LogP contribution in [0.2, 0.25) is 0 Å². The van der Waals surface area contributed by atoms with Crippen molar-refractivity contribution in [2.75, 3.05) is 0 Å². The maximum atomic E-state index is 12.6. The first-order valence-corrected chi connectivity index (χ1v) is 6.79. The summed E-state index contributed by atoms with van der Waals surface area (Å²) in [7, 11) is 0. The van der Waals surface area contributed by atoms with Crippen LogP contribution in [0.4, 0.5) is 13.2 Å². The Kier molecular flexibility index (Phi) is 4.54. The molecule has 0 heterocycles. The molecule has 0 aromatic heterocycles. The second kappa shape index (κ2) is 6.22. The number of nitrogens with one attached hydrogen (secondary N) is 1. The summed E-state index contributed by atoms with van der Waals surface area (Å²) in [4.78, 5) is 11.3. The number of amides is 1. The molecule has 1 N–H and O–H groups in total. The Bertz CT molecular complexity index is 665. The average Bonchev–Trinajstić information content (AvgIpc) is 2.47. The monoisotopic (exact) mass is 307 g/mol. The molecule has 2 aromatic carbocycles. The number of carbonyl (C=O) groups is 1. The predicted octanol–water partition coefficient (Wildman–Crippen LogP) is 4.07. The SMILES string of the molecule is Cc1ccc([C@H](NC(=O)C(F)(F)F)c2ccccc2)cc1C. The Morgan fingerprint density at radius 2 is 1.59 bits per heavy atom. The molecule has 2 nitrogen and oxygen atoms in total. The minimum Gasteiger partial charge on any atom is -0.337 e. The van der Waals surface area contributed by atoms with Gasteiger partial charge in [-0.1, -0.05) is 48.5 Å². The van der Waals surface area contributed by atoms with Crippen LogP contribution >= 0.6 is 0 Å². The van der Waals surface area contributed by atoms with Gasteiger partial charge < -0.3 is 5.32 Å². The van der Waals surface area contributed by atoms with Gasteiger partial charge in [-0.3, -0.25) is 4.79 Å². The summed E-state index contributed by atoms with van der Waals surface area (Å²) >= 11 is 0. The summed E-state index contributed by atoms with van der Waals surface area (Å²) < 4.78 is 37.7. The van der Waals surface area contributed by atoms with Crippen LogP contribution in [0.25, 0.3) is 0 Å². The molecule has 1 amide bonds. The lowest BCUT2D eigenvalue weighted by atomic mass is 9.95. The Labute approximate surface area is 127 Å². The van der Waals surface area contributed by atoms with Crippen molar-refractivity contribution in [1.82, 2.24) is 5.32 Å². The highest BCUT2D eigenvalue weighted by atomic mass is 19.4. The number of aryl methyl sites for hydroxylation is 2. The van der Waals surface area contributed by atoms with Crippen LogP contribution in [0, 0.1) is 13.8 Å². The molecule has 0 saturated carbocycles. The zero-order valence-corrected chi connectivity index (χ0v) is 12.2. The van der Waals surface area contributed by atoms with E-state index in [4.69, 9.17) is 0 Å². The molecule has 0 fully saturated rings. The van der Waals surface area contributed by atoms with Gasteiger partial charge in [0, 0.05) is 0 Å². The van der Waals surface area contributed by atoms with E-state index in [0.717, 1.165) is 11.1 Å². The predicted molar refractivity (Wildman–Crippen MR) is 78.4 cm³/mol. The van der Waals surface area contributed by atoms with Gasteiger partial charge >= 0.3 is 12.1 Å². The van der Waals surface area contributed by atoms with Crippen LogP contribution in [0.1, 0.15) is 28.3 Å². The van der Waals surface area contributed by atoms with Gasteiger partial charge in [0.1, 0.15) is 0 Å². The molecule has 116 valence electrons. The lowest BCUT2D eigenvalue weighted by molar-refractivity contribution is -0.174. The van der Waals surface area contributed by atoms with Crippen molar-refractivity contribution in [2.24, 2.45) is 0 Å². The first kappa shape index (κ1) is 16.1. The van der Waals surface area contributed by atoms with Gasteiger partial charge in [0.05, 0.1) is 6.04 Å². The van der Waals surface area contributed by atoms with Gasteiger partial charge in [-0.25, -0.2) is 0 Å². The van der Waals surface area contributed by atoms with Crippen LogP contribution in [0.3, 0.4) is 0 Å². The molecule has 0 spiro atoms. The minimum absolute atomic E-state index is 0.600. The molecule has 0 radical (unpaired) electrons. The third-order valence-electron chi connectivity index (χ3n) is 3.53. The van der Waals surface area contributed by atoms with Crippen molar-refractivity contribution in [3.8, 4) is 0 Å². The van der Waals surface area contributed by atoms with E-state index in [1.807, 2.05) is 19.9 Å². The largest absolute Gasteiger partial charge is 0.471 e. The van der Waals surface area contributed by atoms with Gasteiger partial charge in [0.25, 0.3) is 0 Å². The van der Waals surface area contributed by atoms with Crippen molar-refractivity contribution < 1.29 is 18.0 Å². The number of hydrogen-bond acceptors (Lipinski definition) is 1. The van der Waals surface area contributed by atoms with Gasteiger partial charge in [-0.2, -0.15) is 13.2 Å².